The fourth-order valence-electron chi connectivity index (χ4n) is 2.69. The minimum atomic E-state index is -1.37. The van der Waals surface area contributed by atoms with Crippen LogP contribution in [0, 0.1) is 17.4 Å². The van der Waals surface area contributed by atoms with Gasteiger partial charge >= 0.3 is 0 Å². The highest BCUT2D eigenvalue weighted by atomic mass is 32.2. The molecular formula is C22H26OSSi. The fourth-order valence-corrected chi connectivity index (χ4v) is 4.71. The molecule has 0 amide bonds. The van der Waals surface area contributed by atoms with Gasteiger partial charge < -0.3 is 4.74 Å². The van der Waals surface area contributed by atoms with E-state index in [1.165, 1.54) is 10.5 Å². The molecule has 0 bridgehead atoms. The molecular weight excluding hydrogens is 340 g/mol. The monoisotopic (exact) mass is 366 g/mol. The average Bonchev–Trinajstić information content (AvgIpc) is 3.27. The van der Waals surface area contributed by atoms with Crippen molar-refractivity contribution in [3.05, 3.63) is 66.2 Å². The maximum Gasteiger partial charge on any atom is 0.129 e. The summed E-state index contributed by atoms with van der Waals surface area (Å²) in [5, 5.41) is 0. The molecule has 3 rings (SSSR count). The Hall–Kier alpha value is -1.47. The molecule has 3 heteroatoms. The molecule has 0 spiro atoms. The Morgan fingerprint density at radius 3 is 2.32 bits per heavy atom. The van der Waals surface area contributed by atoms with Crippen molar-refractivity contribution in [1.82, 2.24) is 0 Å². The van der Waals surface area contributed by atoms with Crippen molar-refractivity contribution in [3.63, 3.8) is 0 Å². The lowest BCUT2D eigenvalue weighted by atomic mass is 10.2. The van der Waals surface area contributed by atoms with Crippen molar-refractivity contribution in [2.45, 2.75) is 42.3 Å². The van der Waals surface area contributed by atoms with Gasteiger partial charge in [-0.3, -0.25) is 0 Å². The summed E-state index contributed by atoms with van der Waals surface area (Å²) < 4.78 is 6.04. The first kappa shape index (κ1) is 18.3. The van der Waals surface area contributed by atoms with Crippen LogP contribution in [0.5, 0.6) is 0 Å². The van der Waals surface area contributed by atoms with E-state index in [9.17, 15) is 0 Å². The smallest absolute Gasteiger partial charge is 0.129 e. The summed E-state index contributed by atoms with van der Waals surface area (Å²) in [4.78, 5) is 1.30. The Morgan fingerprint density at radius 1 is 1.04 bits per heavy atom. The van der Waals surface area contributed by atoms with E-state index in [1.807, 2.05) is 17.8 Å². The number of hydrogen-bond acceptors (Lipinski definition) is 2. The van der Waals surface area contributed by atoms with Gasteiger partial charge in [-0.15, -0.1) is 17.3 Å². The molecule has 25 heavy (non-hydrogen) atoms. The van der Waals surface area contributed by atoms with Crippen LogP contribution in [0.1, 0.15) is 12.0 Å². The molecule has 1 saturated carbocycles. The van der Waals surface area contributed by atoms with Crippen molar-refractivity contribution in [2.75, 3.05) is 6.61 Å². The van der Waals surface area contributed by atoms with Gasteiger partial charge in [-0.25, -0.2) is 0 Å². The number of rotatable bonds is 6. The minimum Gasteiger partial charge on any atom is -0.376 e. The van der Waals surface area contributed by atoms with Crippen LogP contribution in [0.4, 0.5) is 0 Å². The summed E-state index contributed by atoms with van der Waals surface area (Å²) in [5.41, 5.74) is 4.83. The van der Waals surface area contributed by atoms with Crippen LogP contribution in [0.2, 0.25) is 19.6 Å². The summed E-state index contributed by atoms with van der Waals surface area (Å²) in [5.74, 6) is 4.17. The van der Waals surface area contributed by atoms with E-state index in [4.69, 9.17) is 4.74 Å². The molecule has 1 fully saturated rings. The van der Waals surface area contributed by atoms with Gasteiger partial charge in [-0.2, -0.15) is 0 Å². The number of benzene rings is 2. The largest absolute Gasteiger partial charge is 0.376 e. The van der Waals surface area contributed by atoms with Crippen molar-refractivity contribution in [2.24, 2.45) is 5.92 Å². The number of hydrogen-bond donors (Lipinski definition) is 0. The fraction of sp³-hybridized carbons (Fsp3) is 0.364. The standard InChI is InChI=1S/C22H26OSSi/c1-25(2,3)15-14-22(24-21-12-8-5-9-13-21)16-20(22)18-23-17-19-10-6-4-7-11-19/h4-13,20H,16-18H2,1-3H3. The maximum absolute atomic E-state index is 6.00. The van der Waals surface area contributed by atoms with Crippen LogP contribution in [-0.2, 0) is 11.3 Å². The molecule has 2 aromatic carbocycles. The highest BCUT2D eigenvalue weighted by Gasteiger charge is 2.54. The molecule has 0 radical (unpaired) electrons. The third-order valence-corrected chi connectivity index (χ3v) is 6.52. The highest BCUT2D eigenvalue weighted by Crippen LogP contribution is 2.56. The van der Waals surface area contributed by atoms with Crippen LogP contribution >= 0.6 is 11.8 Å². The van der Waals surface area contributed by atoms with Crippen LogP contribution in [0.15, 0.2) is 65.6 Å². The summed E-state index contributed by atoms with van der Waals surface area (Å²) in [6, 6.07) is 21.0. The van der Waals surface area contributed by atoms with Crippen molar-refractivity contribution in [1.29, 1.82) is 0 Å². The Labute approximate surface area is 157 Å². The summed E-state index contributed by atoms with van der Waals surface area (Å²) >= 11 is 1.92. The Bertz CT molecular complexity index is 742. The molecule has 0 heterocycles. The summed E-state index contributed by atoms with van der Waals surface area (Å²) in [6.45, 7) is 8.40. The van der Waals surface area contributed by atoms with E-state index in [0.29, 0.717) is 12.5 Å². The van der Waals surface area contributed by atoms with E-state index in [0.717, 1.165) is 13.0 Å². The van der Waals surface area contributed by atoms with Crippen LogP contribution in [-0.4, -0.2) is 19.4 Å². The van der Waals surface area contributed by atoms with Gasteiger partial charge in [0.25, 0.3) is 0 Å². The van der Waals surface area contributed by atoms with Gasteiger partial charge in [0.15, 0.2) is 0 Å². The van der Waals surface area contributed by atoms with Gasteiger partial charge in [0.05, 0.1) is 18.0 Å². The molecule has 1 aliphatic rings. The van der Waals surface area contributed by atoms with Gasteiger partial charge in [0.1, 0.15) is 8.07 Å². The normalized spacial score (nSPS) is 22.1. The van der Waals surface area contributed by atoms with Gasteiger partial charge in [0.2, 0.25) is 0 Å². The minimum absolute atomic E-state index is 0.0400. The van der Waals surface area contributed by atoms with Crippen molar-refractivity contribution < 1.29 is 4.74 Å². The molecule has 1 aliphatic carbocycles. The zero-order valence-electron chi connectivity index (χ0n) is 15.3. The predicted molar refractivity (Wildman–Crippen MR) is 110 cm³/mol. The lowest BCUT2D eigenvalue weighted by molar-refractivity contribution is 0.110. The van der Waals surface area contributed by atoms with E-state index < -0.39 is 8.07 Å². The topological polar surface area (TPSA) is 9.23 Å². The van der Waals surface area contributed by atoms with Crippen LogP contribution < -0.4 is 0 Å². The van der Waals surface area contributed by atoms with E-state index >= 15 is 0 Å². The Kier molecular flexibility index (Phi) is 5.73. The number of thioether (sulfide) groups is 1. The second-order valence-electron chi connectivity index (χ2n) is 7.71. The van der Waals surface area contributed by atoms with Crippen molar-refractivity contribution in [3.8, 4) is 11.5 Å². The van der Waals surface area contributed by atoms with E-state index in [2.05, 4.69) is 85.7 Å². The first-order chi connectivity index (χ1) is 12.0. The van der Waals surface area contributed by atoms with Gasteiger partial charge in [-0.05, 0) is 24.1 Å². The van der Waals surface area contributed by atoms with Crippen LogP contribution in [0.25, 0.3) is 0 Å². The summed E-state index contributed by atoms with van der Waals surface area (Å²) in [6.07, 6.45) is 1.12. The Morgan fingerprint density at radius 2 is 1.68 bits per heavy atom. The quantitative estimate of drug-likeness (QED) is 0.484. The van der Waals surface area contributed by atoms with Gasteiger partial charge in [-0.1, -0.05) is 74.1 Å². The van der Waals surface area contributed by atoms with E-state index in [1.54, 1.807) is 0 Å². The third-order valence-electron chi connectivity index (χ3n) is 4.17. The molecule has 2 atom stereocenters. The second-order valence-corrected chi connectivity index (χ2v) is 13.9. The molecule has 2 aromatic rings. The molecule has 1 nitrogen and oxygen atoms in total. The van der Waals surface area contributed by atoms with Crippen LogP contribution in [0.3, 0.4) is 0 Å². The maximum atomic E-state index is 6.00. The average molecular weight is 367 g/mol. The number of ether oxygens (including phenoxy) is 1. The predicted octanol–water partition coefficient (Wildman–Crippen LogP) is 5.64. The Balaban J connectivity index is 1.64. The molecule has 0 N–H and O–H groups in total. The second kappa shape index (κ2) is 7.82. The van der Waals surface area contributed by atoms with Gasteiger partial charge in [0, 0.05) is 10.8 Å². The lowest BCUT2D eigenvalue weighted by Crippen LogP contribution is -2.18. The van der Waals surface area contributed by atoms with Crippen molar-refractivity contribution >= 4 is 19.8 Å². The third kappa shape index (κ3) is 5.50. The molecule has 0 aromatic heterocycles. The van der Waals surface area contributed by atoms with E-state index in [-0.39, 0.29) is 4.75 Å². The molecule has 0 aliphatic heterocycles. The zero-order valence-corrected chi connectivity index (χ0v) is 17.1. The first-order valence-electron chi connectivity index (χ1n) is 8.87. The zero-order chi connectivity index (χ0) is 17.8. The molecule has 0 saturated heterocycles. The first-order valence-corrected chi connectivity index (χ1v) is 13.2. The highest BCUT2D eigenvalue weighted by molar-refractivity contribution is 8.01. The molecule has 130 valence electrons. The molecule has 2 unspecified atom stereocenters. The SMILES string of the molecule is C[Si](C)(C)C#CC1(Sc2ccccc2)CC1COCc1ccccc1. The lowest BCUT2D eigenvalue weighted by Gasteiger charge is -2.13. The summed E-state index contributed by atoms with van der Waals surface area (Å²) in [7, 11) is -1.37.